The van der Waals surface area contributed by atoms with Gasteiger partial charge in [-0.2, -0.15) is 0 Å². The smallest absolute Gasteiger partial charge is 0.312 e. The third-order valence-corrected chi connectivity index (χ3v) is 6.08. The second-order valence-electron chi connectivity index (χ2n) is 7.47. The average molecular weight is 381 g/mol. The normalized spacial score (nSPS) is 26.2. The van der Waals surface area contributed by atoms with Crippen LogP contribution in [0.4, 0.5) is 10.5 Å². The fraction of sp³-hybridized carbons (Fsp3) is 0.650. The SMILES string of the molecule is [2H]C([2H])(CC1CCC(NC(N)=O)CC1)N1CCN(c2cccc(C)c2Cl)CC1. The van der Waals surface area contributed by atoms with Crippen LogP contribution in [0.3, 0.4) is 0 Å². The van der Waals surface area contributed by atoms with Crippen LogP contribution in [0.2, 0.25) is 5.02 Å². The van der Waals surface area contributed by atoms with Gasteiger partial charge in [0, 0.05) is 35.0 Å². The molecule has 2 aliphatic rings. The summed E-state index contributed by atoms with van der Waals surface area (Å²) < 4.78 is 17.3. The number of nitrogens with two attached hydrogens (primary N) is 1. The van der Waals surface area contributed by atoms with Crippen LogP contribution in [0.15, 0.2) is 18.2 Å². The van der Waals surface area contributed by atoms with Crippen LogP contribution in [-0.4, -0.2) is 49.6 Å². The molecule has 0 atom stereocenters. The van der Waals surface area contributed by atoms with Crippen molar-refractivity contribution in [1.82, 2.24) is 10.2 Å². The summed E-state index contributed by atoms with van der Waals surface area (Å²) in [5.41, 5.74) is 7.31. The largest absolute Gasteiger partial charge is 0.368 e. The third kappa shape index (κ3) is 5.04. The fourth-order valence-electron chi connectivity index (χ4n) is 3.95. The molecule has 0 spiro atoms. The molecule has 144 valence electrons. The van der Waals surface area contributed by atoms with E-state index in [-0.39, 0.29) is 6.04 Å². The highest BCUT2D eigenvalue weighted by Gasteiger charge is 2.24. The first-order valence-electron chi connectivity index (χ1n) is 10.6. The maximum absolute atomic E-state index is 11.0. The van der Waals surface area contributed by atoms with E-state index in [1.165, 1.54) is 0 Å². The topological polar surface area (TPSA) is 61.6 Å². The van der Waals surface area contributed by atoms with E-state index in [4.69, 9.17) is 20.1 Å². The minimum Gasteiger partial charge on any atom is -0.368 e. The number of hydrogen-bond donors (Lipinski definition) is 2. The Hall–Kier alpha value is -1.46. The lowest BCUT2D eigenvalue weighted by atomic mass is 9.84. The number of nitrogens with one attached hydrogen (secondary N) is 1. The quantitative estimate of drug-likeness (QED) is 0.823. The molecule has 1 aliphatic carbocycles. The van der Waals surface area contributed by atoms with E-state index in [9.17, 15) is 4.79 Å². The van der Waals surface area contributed by atoms with Crippen molar-refractivity contribution in [2.75, 3.05) is 37.6 Å². The Morgan fingerprint density at radius 2 is 1.96 bits per heavy atom. The number of urea groups is 1. The molecule has 2 fully saturated rings. The zero-order chi connectivity index (χ0) is 20.3. The summed E-state index contributed by atoms with van der Waals surface area (Å²) in [6.07, 6.45) is 4.17. The molecule has 1 saturated carbocycles. The number of piperazine rings is 1. The molecule has 3 rings (SSSR count). The third-order valence-electron chi connectivity index (χ3n) is 5.59. The van der Waals surface area contributed by atoms with E-state index in [0.29, 0.717) is 25.4 Å². The maximum atomic E-state index is 11.0. The molecule has 0 unspecified atom stereocenters. The van der Waals surface area contributed by atoms with Crippen molar-refractivity contribution in [2.24, 2.45) is 11.7 Å². The van der Waals surface area contributed by atoms with E-state index in [1.807, 2.05) is 30.0 Å². The van der Waals surface area contributed by atoms with Gasteiger partial charge in [0.25, 0.3) is 0 Å². The number of primary amides is 1. The number of nitrogens with zero attached hydrogens (tertiary/aromatic N) is 2. The predicted molar refractivity (Wildman–Crippen MR) is 108 cm³/mol. The minimum absolute atomic E-state index is 0.141. The first kappa shape index (κ1) is 16.7. The van der Waals surface area contributed by atoms with Gasteiger partial charge in [0.1, 0.15) is 0 Å². The van der Waals surface area contributed by atoms with E-state index in [0.717, 1.165) is 55.0 Å². The molecule has 1 aromatic carbocycles. The van der Waals surface area contributed by atoms with Crippen LogP contribution in [0.25, 0.3) is 0 Å². The molecule has 0 aromatic heterocycles. The highest BCUT2D eigenvalue weighted by atomic mass is 35.5. The predicted octanol–water partition coefficient (Wildman–Crippen LogP) is 3.39. The van der Waals surface area contributed by atoms with Crippen LogP contribution in [0, 0.1) is 12.8 Å². The fourth-order valence-corrected chi connectivity index (χ4v) is 4.20. The Balaban J connectivity index is 1.51. The van der Waals surface area contributed by atoms with Gasteiger partial charge in [0.15, 0.2) is 0 Å². The Morgan fingerprint density at radius 1 is 1.27 bits per heavy atom. The molecule has 1 heterocycles. The number of anilines is 1. The second kappa shape index (κ2) is 8.96. The molecule has 6 heteroatoms. The summed E-state index contributed by atoms with van der Waals surface area (Å²) in [5.74, 6) is 0.352. The second-order valence-corrected chi connectivity index (χ2v) is 7.85. The van der Waals surface area contributed by atoms with E-state index < -0.39 is 12.5 Å². The monoisotopic (exact) mass is 380 g/mol. The number of rotatable bonds is 5. The van der Waals surface area contributed by atoms with Crippen LogP contribution in [0.5, 0.6) is 0 Å². The van der Waals surface area contributed by atoms with Gasteiger partial charge in [-0.05, 0) is 63.1 Å². The number of hydrogen-bond acceptors (Lipinski definition) is 3. The van der Waals surface area contributed by atoms with Gasteiger partial charge in [-0.1, -0.05) is 23.7 Å². The summed E-state index contributed by atoms with van der Waals surface area (Å²) >= 11 is 6.46. The van der Waals surface area contributed by atoms with Crippen molar-refractivity contribution < 1.29 is 7.54 Å². The molecule has 5 nitrogen and oxygen atoms in total. The van der Waals surface area contributed by atoms with Crippen molar-refractivity contribution >= 4 is 23.3 Å². The zero-order valence-electron chi connectivity index (χ0n) is 17.5. The van der Waals surface area contributed by atoms with Gasteiger partial charge in [-0.25, -0.2) is 4.79 Å². The molecule has 0 bridgehead atoms. The van der Waals surface area contributed by atoms with Gasteiger partial charge in [0.2, 0.25) is 0 Å². The molecule has 1 aromatic rings. The summed E-state index contributed by atoms with van der Waals surface area (Å²) in [7, 11) is 0. The minimum atomic E-state index is -1.31. The van der Waals surface area contributed by atoms with Crippen LogP contribution < -0.4 is 16.0 Å². The van der Waals surface area contributed by atoms with E-state index in [2.05, 4.69) is 10.2 Å². The van der Waals surface area contributed by atoms with Gasteiger partial charge >= 0.3 is 6.03 Å². The van der Waals surface area contributed by atoms with Gasteiger partial charge in [-0.15, -0.1) is 0 Å². The van der Waals surface area contributed by atoms with E-state index in [1.54, 1.807) is 0 Å². The van der Waals surface area contributed by atoms with Crippen molar-refractivity contribution in [1.29, 1.82) is 0 Å². The maximum Gasteiger partial charge on any atom is 0.312 e. The highest BCUT2D eigenvalue weighted by Crippen LogP contribution is 2.30. The molecule has 1 saturated heterocycles. The Labute approximate surface area is 164 Å². The number of halogens is 1. The van der Waals surface area contributed by atoms with Crippen LogP contribution in [-0.2, 0) is 0 Å². The summed E-state index contributed by atoms with van der Waals surface area (Å²) in [5, 5.41) is 3.57. The van der Waals surface area contributed by atoms with Crippen LogP contribution in [0.1, 0.15) is 40.4 Å². The lowest BCUT2D eigenvalue weighted by molar-refractivity contribution is 0.207. The Bertz CT molecular complexity index is 687. The summed E-state index contributed by atoms with van der Waals surface area (Å²) in [4.78, 5) is 15.2. The van der Waals surface area contributed by atoms with Crippen molar-refractivity contribution in [3.05, 3.63) is 28.8 Å². The molecular weight excluding hydrogens is 348 g/mol. The first-order valence-corrected chi connectivity index (χ1v) is 9.95. The van der Waals surface area contributed by atoms with Gasteiger partial charge < -0.3 is 16.0 Å². The average Bonchev–Trinajstić information content (AvgIpc) is 2.65. The summed E-state index contributed by atoms with van der Waals surface area (Å²) in [6.45, 7) is 3.63. The van der Waals surface area contributed by atoms with Gasteiger partial charge in [-0.3, -0.25) is 4.90 Å². The molecule has 26 heavy (non-hydrogen) atoms. The number of carbonyl (C=O) groups is 1. The number of benzene rings is 1. The molecule has 2 amide bonds. The van der Waals surface area contributed by atoms with Crippen molar-refractivity contribution in [3.8, 4) is 0 Å². The lowest BCUT2D eigenvalue weighted by Gasteiger charge is -2.37. The molecule has 1 aliphatic heterocycles. The number of aryl methyl sites for hydroxylation is 1. The number of amides is 2. The number of carbonyl (C=O) groups excluding carboxylic acids is 1. The van der Waals surface area contributed by atoms with E-state index >= 15 is 0 Å². The lowest BCUT2D eigenvalue weighted by Crippen LogP contribution is -2.47. The first-order chi connectivity index (χ1) is 13.3. The molecular formula is C20H31ClN4O. The molecule has 3 N–H and O–H groups in total. The van der Waals surface area contributed by atoms with Gasteiger partial charge in [0.05, 0.1) is 10.7 Å². The Kier molecular flexibility index (Phi) is 5.75. The summed E-state index contributed by atoms with van der Waals surface area (Å²) in [6, 6.07) is 5.74. The van der Waals surface area contributed by atoms with Crippen LogP contribution >= 0.6 is 11.6 Å². The van der Waals surface area contributed by atoms with Crippen molar-refractivity contribution in [2.45, 2.75) is 45.1 Å². The standard InChI is InChI=1S/C20H31ClN4O/c1-15-3-2-4-18(19(15)21)25-13-11-24(12-14-25)10-9-16-5-7-17(8-6-16)23-20(22)26/h2-4,16-17H,5-14H2,1H3,(H3,22,23,26)/i10D2. The molecule has 0 radical (unpaired) electrons. The Morgan fingerprint density at radius 3 is 2.62 bits per heavy atom. The highest BCUT2D eigenvalue weighted by molar-refractivity contribution is 6.34. The van der Waals surface area contributed by atoms with Crippen molar-refractivity contribution in [3.63, 3.8) is 0 Å². The zero-order valence-corrected chi connectivity index (χ0v) is 16.3.